The Morgan fingerprint density at radius 1 is 1.29 bits per heavy atom. The van der Waals surface area contributed by atoms with E-state index in [0.29, 0.717) is 19.6 Å². The molecule has 24 heavy (non-hydrogen) atoms. The molecule has 0 aromatic heterocycles. The molecule has 1 aliphatic rings. The number of fused-ring (bicyclic) bond motifs is 1. The van der Waals surface area contributed by atoms with Crippen LogP contribution < -0.4 is 14.8 Å². The molecule has 1 atom stereocenters. The molecule has 0 saturated carbocycles. The number of hydrogen-bond acceptors (Lipinski definition) is 4. The van der Waals surface area contributed by atoms with Crippen molar-refractivity contribution in [3.8, 4) is 11.5 Å². The van der Waals surface area contributed by atoms with Gasteiger partial charge in [-0.05, 0) is 54.1 Å². The van der Waals surface area contributed by atoms with E-state index in [1.54, 1.807) is 18.9 Å². The lowest BCUT2D eigenvalue weighted by Crippen LogP contribution is -2.37. The molecule has 2 aromatic carbocycles. The van der Waals surface area contributed by atoms with Crippen molar-refractivity contribution in [2.75, 3.05) is 20.0 Å². The molecule has 3 rings (SSSR count). The van der Waals surface area contributed by atoms with Crippen molar-refractivity contribution >= 4 is 17.7 Å². The highest BCUT2D eigenvalue weighted by molar-refractivity contribution is 7.98. The van der Waals surface area contributed by atoms with E-state index in [4.69, 9.17) is 9.47 Å². The molecule has 2 aromatic rings. The van der Waals surface area contributed by atoms with E-state index in [2.05, 4.69) is 17.4 Å². The summed E-state index contributed by atoms with van der Waals surface area (Å²) in [7, 11) is 1.64. The van der Waals surface area contributed by atoms with E-state index in [1.165, 1.54) is 4.90 Å². The molecule has 0 radical (unpaired) electrons. The number of methoxy groups -OCH3 is 1. The van der Waals surface area contributed by atoms with Crippen LogP contribution in [-0.2, 0) is 17.8 Å². The predicted molar refractivity (Wildman–Crippen MR) is 95.8 cm³/mol. The van der Waals surface area contributed by atoms with Crippen molar-refractivity contribution in [1.29, 1.82) is 0 Å². The van der Waals surface area contributed by atoms with Gasteiger partial charge in [-0.15, -0.1) is 11.8 Å². The SMILES string of the molecule is COc1ccc2c(c1)C[C@@H](C(=O)NCc1ccc(SC)cc1)CO2. The molecule has 0 bridgehead atoms. The molecular formula is C19H21NO3S. The van der Waals surface area contributed by atoms with Gasteiger partial charge in [-0.25, -0.2) is 0 Å². The number of rotatable bonds is 5. The van der Waals surface area contributed by atoms with Crippen molar-refractivity contribution in [3.63, 3.8) is 0 Å². The van der Waals surface area contributed by atoms with Crippen LogP contribution in [0.5, 0.6) is 11.5 Å². The maximum atomic E-state index is 12.4. The van der Waals surface area contributed by atoms with Crippen LogP contribution in [0.2, 0.25) is 0 Å². The third kappa shape index (κ3) is 3.85. The second-order valence-electron chi connectivity index (χ2n) is 5.75. The molecule has 0 spiro atoms. The normalized spacial score (nSPS) is 16.0. The van der Waals surface area contributed by atoms with Crippen molar-refractivity contribution in [3.05, 3.63) is 53.6 Å². The third-order valence-corrected chi connectivity index (χ3v) is 4.91. The zero-order valence-electron chi connectivity index (χ0n) is 13.9. The summed E-state index contributed by atoms with van der Waals surface area (Å²) in [6, 6.07) is 13.9. The van der Waals surface area contributed by atoms with Gasteiger partial charge in [-0.3, -0.25) is 4.79 Å². The standard InChI is InChI=1S/C19H21NO3S/c1-22-16-5-8-18-14(10-16)9-15(12-23-18)19(21)20-11-13-3-6-17(24-2)7-4-13/h3-8,10,15H,9,11-12H2,1-2H3,(H,20,21)/t15-/m1/s1. The van der Waals surface area contributed by atoms with E-state index in [-0.39, 0.29) is 11.8 Å². The fourth-order valence-electron chi connectivity index (χ4n) is 2.74. The summed E-state index contributed by atoms with van der Waals surface area (Å²) >= 11 is 1.71. The lowest BCUT2D eigenvalue weighted by molar-refractivity contribution is -0.126. The Bertz CT molecular complexity index is 715. The van der Waals surface area contributed by atoms with Crippen molar-refractivity contribution < 1.29 is 14.3 Å². The Labute approximate surface area is 146 Å². The molecule has 0 saturated heterocycles. The van der Waals surface area contributed by atoms with Crippen LogP contribution in [0.25, 0.3) is 0 Å². The topological polar surface area (TPSA) is 47.6 Å². The number of benzene rings is 2. The van der Waals surface area contributed by atoms with E-state index >= 15 is 0 Å². The lowest BCUT2D eigenvalue weighted by Gasteiger charge is -2.25. The highest BCUT2D eigenvalue weighted by atomic mass is 32.2. The average molecular weight is 343 g/mol. The van der Waals surface area contributed by atoms with Crippen LogP contribution in [0.15, 0.2) is 47.4 Å². The Kier molecular flexibility index (Phi) is 5.30. The molecule has 0 fully saturated rings. The maximum Gasteiger partial charge on any atom is 0.227 e. The van der Waals surface area contributed by atoms with Gasteiger partial charge < -0.3 is 14.8 Å². The summed E-state index contributed by atoms with van der Waals surface area (Å²) in [5.74, 6) is 1.48. The van der Waals surface area contributed by atoms with Crippen molar-refractivity contribution in [2.45, 2.75) is 17.9 Å². The van der Waals surface area contributed by atoms with Gasteiger partial charge in [-0.1, -0.05) is 12.1 Å². The second-order valence-corrected chi connectivity index (χ2v) is 6.63. The summed E-state index contributed by atoms with van der Waals surface area (Å²) in [6.07, 6.45) is 2.72. The Morgan fingerprint density at radius 3 is 2.79 bits per heavy atom. The first-order valence-electron chi connectivity index (χ1n) is 7.90. The second kappa shape index (κ2) is 7.62. The highest BCUT2D eigenvalue weighted by Crippen LogP contribution is 2.30. The third-order valence-electron chi connectivity index (χ3n) is 4.17. The molecule has 5 heteroatoms. The molecule has 1 N–H and O–H groups in total. The Morgan fingerprint density at radius 2 is 2.08 bits per heavy atom. The molecule has 1 amide bonds. The van der Waals surface area contributed by atoms with Gasteiger partial charge in [0.2, 0.25) is 5.91 Å². The fraction of sp³-hybridized carbons (Fsp3) is 0.316. The quantitative estimate of drug-likeness (QED) is 0.847. The number of carbonyl (C=O) groups excluding carboxylic acids is 1. The molecule has 126 valence electrons. The monoisotopic (exact) mass is 343 g/mol. The number of nitrogens with one attached hydrogen (secondary N) is 1. The molecule has 4 nitrogen and oxygen atoms in total. The van der Waals surface area contributed by atoms with Crippen LogP contribution >= 0.6 is 11.8 Å². The van der Waals surface area contributed by atoms with Crippen LogP contribution in [0.3, 0.4) is 0 Å². The number of carbonyl (C=O) groups is 1. The van der Waals surface area contributed by atoms with E-state index in [9.17, 15) is 4.79 Å². The van der Waals surface area contributed by atoms with E-state index in [1.807, 2.05) is 36.6 Å². The lowest BCUT2D eigenvalue weighted by atomic mass is 9.95. The summed E-state index contributed by atoms with van der Waals surface area (Å²) in [5, 5.41) is 3.01. The van der Waals surface area contributed by atoms with Crippen LogP contribution in [0.4, 0.5) is 0 Å². The average Bonchev–Trinajstić information content (AvgIpc) is 2.65. The molecule has 1 aliphatic heterocycles. The number of thioether (sulfide) groups is 1. The van der Waals surface area contributed by atoms with Crippen LogP contribution in [0.1, 0.15) is 11.1 Å². The minimum atomic E-state index is -0.171. The van der Waals surface area contributed by atoms with Gasteiger partial charge in [0.15, 0.2) is 0 Å². The molecule has 1 heterocycles. The first-order valence-corrected chi connectivity index (χ1v) is 9.12. The zero-order chi connectivity index (χ0) is 16.9. The fourth-order valence-corrected chi connectivity index (χ4v) is 3.15. The summed E-state index contributed by atoms with van der Waals surface area (Å²) in [6.45, 7) is 0.950. The molecular weight excluding hydrogens is 322 g/mol. The highest BCUT2D eigenvalue weighted by Gasteiger charge is 2.26. The maximum absolute atomic E-state index is 12.4. The van der Waals surface area contributed by atoms with Gasteiger partial charge >= 0.3 is 0 Å². The first-order chi connectivity index (χ1) is 11.7. The van der Waals surface area contributed by atoms with Gasteiger partial charge in [-0.2, -0.15) is 0 Å². The number of amides is 1. The largest absolute Gasteiger partial charge is 0.497 e. The minimum Gasteiger partial charge on any atom is -0.497 e. The number of ether oxygens (including phenoxy) is 2. The van der Waals surface area contributed by atoms with Crippen LogP contribution in [0, 0.1) is 5.92 Å². The van der Waals surface area contributed by atoms with Crippen molar-refractivity contribution in [2.24, 2.45) is 5.92 Å². The minimum absolute atomic E-state index is 0.0254. The predicted octanol–water partition coefficient (Wildman–Crippen LogP) is 3.28. The Hall–Kier alpha value is -2.14. The zero-order valence-corrected chi connectivity index (χ0v) is 14.7. The molecule has 0 aliphatic carbocycles. The van der Waals surface area contributed by atoms with Gasteiger partial charge in [0.05, 0.1) is 13.0 Å². The van der Waals surface area contributed by atoms with Crippen LogP contribution in [-0.4, -0.2) is 25.9 Å². The van der Waals surface area contributed by atoms with Gasteiger partial charge in [0, 0.05) is 11.4 Å². The summed E-state index contributed by atoms with van der Waals surface area (Å²) in [4.78, 5) is 13.7. The van der Waals surface area contributed by atoms with Gasteiger partial charge in [0.25, 0.3) is 0 Å². The first kappa shape index (κ1) is 16.7. The van der Waals surface area contributed by atoms with E-state index in [0.717, 1.165) is 22.6 Å². The summed E-state index contributed by atoms with van der Waals surface area (Å²) < 4.78 is 11.0. The summed E-state index contributed by atoms with van der Waals surface area (Å²) in [5.41, 5.74) is 2.12. The smallest absolute Gasteiger partial charge is 0.227 e. The number of hydrogen-bond donors (Lipinski definition) is 1. The van der Waals surface area contributed by atoms with Gasteiger partial charge in [0.1, 0.15) is 18.1 Å². The Balaban J connectivity index is 1.59. The van der Waals surface area contributed by atoms with E-state index < -0.39 is 0 Å². The molecule has 0 unspecified atom stereocenters. The van der Waals surface area contributed by atoms with Crippen molar-refractivity contribution in [1.82, 2.24) is 5.32 Å².